The summed E-state index contributed by atoms with van der Waals surface area (Å²) >= 11 is 3.17. The van der Waals surface area contributed by atoms with Crippen molar-refractivity contribution in [1.29, 1.82) is 0 Å². The minimum absolute atomic E-state index is 0.0538. The largest absolute Gasteiger partial charge is 0.450 e. The summed E-state index contributed by atoms with van der Waals surface area (Å²) in [7, 11) is 0. The van der Waals surface area contributed by atoms with Gasteiger partial charge in [-0.2, -0.15) is 0 Å². The van der Waals surface area contributed by atoms with Crippen molar-refractivity contribution in [3.8, 4) is 10.6 Å². The molecule has 0 unspecified atom stereocenters. The number of benzene rings is 2. The number of hydrogen-bond donors (Lipinski definition) is 1. The maximum Gasteiger partial charge on any atom is 0.410 e. The fraction of sp³-hybridized carbons (Fsp3) is 0.296. The maximum atomic E-state index is 13.2. The van der Waals surface area contributed by atoms with Crippen molar-refractivity contribution in [2.75, 3.05) is 18.5 Å². The molecule has 2 amide bonds. The Morgan fingerprint density at radius 2 is 1.97 bits per heavy atom. The molecule has 6 nitrogen and oxygen atoms in total. The monoisotopic (exact) mass is 505 g/mol. The predicted molar refractivity (Wildman–Crippen MR) is 142 cm³/mol. The van der Waals surface area contributed by atoms with Crippen LogP contribution in [-0.2, 0) is 28.9 Å². The topological polar surface area (TPSA) is 71.5 Å². The number of ether oxygens (including phenoxy) is 1. The van der Waals surface area contributed by atoms with Gasteiger partial charge in [-0.05, 0) is 56.0 Å². The first-order valence-electron chi connectivity index (χ1n) is 11.7. The normalized spacial score (nSPS) is 13.1. The Hall–Kier alpha value is -3.23. The summed E-state index contributed by atoms with van der Waals surface area (Å²) < 4.78 is 6.33. The molecular formula is C27H27N3O3S2. The molecule has 180 valence electrons. The van der Waals surface area contributed by atoms with E-state index in [0.717, 1.165) is 52.9 Å². The predicted octanol–water partition coefficient (Wildman–Crippen LogP) is 6.34. The zero-order chi connectivity index (χ0) is 24.5. The van der Waals surface area contributed by atoms with Crippen molar-refractivity contribution in [2.45, 2.75) is 40.2 Å². The molecule has 2 aromatic heterocycles. The van der Waals surface area contributed by atoms with Crippen LogP contribution in [0.15, 0.2) is 42.5 Å². The Morgan fingerprint density at radius 1 is 1.14 bits per heavy atom. The van der Waals surface area contributed by atoms with Gasteiger partial charge in [0.25, 0.3) is 0 Å². The second-order valence-corrected chi connectivity index (χ2v) is 10.9. The molecule has 1 N–H and O–H groups in total. The number of fused-ring (bicyclic) bond motifs is 2. The molecule has 4 aromatic rings. The van der Waals surface area contributed by atoms with Gasteiger partial charge >= 0.3 is 6.09 Å². The average Bonchev–Trinajstić information content (AvgIpc) is 3.41. The summed E-state index contributed by atoms with van der Waals surface area (Å²) in [5.74, 6) is -0.0538. The van der Waals surface area contributed by atoms with Crippen molar-refractivity contribution in [3.63, 3.8) is 0 Å². The van der Waals surface area contributed by atoms with E-state index in [1.807, 2.05) is 39.0 Å². The van der Waals surface area contributed by atoms with Gasteiger partial charge in [0.05, 0.1) is 29.8 Å². The van der Waals surface area contributed by atoms with Gasteiger partial charge in [0.2, 0.25) is 5.91 Å². The number of nitrogens with zero attached hydrogens (tertiary/aromatic N) is 2. The third-order valence-corrected chi connectivity index (χ3v) is 8.39. The zero-order valence-electron chi connectivity index (χ0n) is 20.0. The number of amides is 2. The number of anilines is 1. The van der Waals surface area contributed by atoms with Crippen LogP contribution in [0, 0.1) is 13.8 Å². The van der Waals surface area contributed by atoms with Crippen LogP contribution < -0.4 is 5.32 Å². The van der Waals surface area contributed by atoms with Crippen LogP contribution >= 0.6 is 22.7 Å². The highest BCUT2D eigenvalue weighted by molar-refractivity contribution is 7.22. The second kappa shape index (κ2) is 9.79. The molecule has 0 saturated carbocycles. The molecule has 0 aliphatic carbocycles. The van der Waals surface area contributed by atoms with Gasteiger partial charge in [0, 0.05) is 17.0 Å². The highest BCUT2D eigenvalue weighted by Gasteiger charge is 2.30. The fourth-order valence-electron chi connectivity index (χ4n) is 4.40. The molecule has 0 fully saturated rings. The number of aryl methyl sites for hydroxylation is 2. The molecule has 35 heavy (non-hydrogen) atoms. The Balaban J connectivity index is 1.50. The Morgan fingerprint density at radius 3 is 2.77 bits per heavy atom. The van der Waals surface area contributed by atoms with E-state index in [-0.39, 0.29) is 12.0 Å². The van der Waals surface area contributed by atoms with E-state index in [1.54, 1.807) is 16.2 Å². The van der Waals surface area contributed by atoms with Crippen molar-refractivity contribution in [2.24, 2.45) is 0 Å². The van der Waals surface area contributed by atoms with Crippen molar-refractivity contribution in [1.82, 2.24) is 9.88 Å². The number of carbonyl (C=O) groups excluding carboxylic acids is 2. The number of aromatic nitrogens is 1. The number of carbonyl (C=O) groups is 2. The smallest absolute Gasteiger partial charge is 0.410 e. The Bertz CT molecular complexity index is 1390. The highest BCUT2D eigenvalue weighted by atomic mass is 32.1. The molecule has 0 bridgehead atoms. The lowest BCUT2D eigenvalue weighted by Gasteiger charge is -2.26. The van der Waals surface area contributed by atoms with Crippen molar-refractivity contribution < 1.29 is 14.3 Å². The quantitative estimate of drug-likeness (QED) is 0.344. The van der Waals surface area contributed by atoms with Crippen LogP contribution in [0.25, 0.3) is 20.8 Å². The van der Waals surface area contributed by atoms with Crippen molar-refractivity contribution >= 4 is 49.9 Å². The third-order valence-electron chi connectivity index (χ3n) is 6.20. The van der Waals surface area contributed by atoms with Gasteiger partial charge in [-0.3, -0.25) is 4.79 Å². The highest BCUT2D eigenvalue weighted by Crippen LogP contribution is 2.45. The first-order valence-corrected chi connectivity index (χ1v) is 13.3. The molecule has 1 aliphatic heterocycles. The molecule has 2 aromatic carbocycles. The standard InChI is InChI=1S/C27H27N3O3S2/c1-4-33-27(32)30-12-11-19-22(15-30)35-26(24(19)25-28-20-7-5-6-8-21(20)34-25)29-23(31)14-18-13-16(2)9-10-17(18)3/h5-10,13H,4,11-12,14-15H2,1-3H3,(H,29,31). The van der Waals surface area contributed by atoms with E-state index in [2.05, 4.69) is 29.6 Å². The maximum absolute atomic E-state index is 13.2. The van der Waals surface area contributed by atoms with E-state index < -0.39 is 0 Å². The Kier molecular flexibility index (Phi) is 6.58. The number of thiazole rings is 1. The lowest BCUT2D eigenvalue weighted by atomic mass is 10.0. The summed E-state index contributed by atoms with van der Waals surface area (Å²) in [5.41, 5.74) is 6.37. The lowest BCUT2D eigenvalue weighted by Crippen LogP contribution is -2.35. The molecule has 1 aliphatic rings. The van der Waals surface area contributed by atoms with Crippen LogP contribution in [0.5, 0.6) is 0 Å². The molecular weight excluding hydrogens is 478 g/mol. The summed E-state index contributed by atoms with van der Waals surface area (Å²) in [6.45, 7) is 7.29. The molecule has 0 atom stereocenters. The summed E-state index contributed by atoms with van der Waals surface area (Å²) in [6, 6.07) is 14.3. The van der Waals surface area contributed by atoms with E-state index >= 15 is 0 Å². The van der Waals surface area contributed by atoms with Gasteiger partial charge in [0.1, 0.15) is 10.0 Å². The van der Waals surface area contributed by atoms with Crippen LogP contribution in [0.2, 0.25) is 0 Å². The summed E-state index contributed by atoms with van der Waals surface area (Å²) in [5, 5.41) is 4.89. The molecule has 0 saturated heterocycles. The minimum Gasteiger partial charge on any atom is -0.450 e. The second-order valence-electron chi connectivity index (χ2n) is 8.72. The molecule has 3 heterocycles. The molecule has 8 heteroatoms. The summed E-state index contributed by atoms with van der Waals surface area (Å²) in [6.07, 6.45) is 0.709. The number of rotatable bonds is 5. The average molecular weight is 506 g/mol. The van der Waals surface area contributed by atoms with Gasteiger partial charge in [-0.25, -0.2) is 9.78 Å². The van der Waals surface area contributed by atoms with Crippen LogP contribution in [0.1, 0.15) is 34.1 Å². The molecule has 0 spiro atoms. The van der Waals surface area contributed by atoms with E-state index in [0.29, 0.717) is 32.5 Å². The number of para-hydroxylation sites is 1. The minimum atomic E-state index is -0.298. The van der Waals surface area contributed by atoms with Gasteiger partial charge in [0.15, 0.2) is 0 Å². The third kappa shape index (κ3) is 4.81. The SMILES string of the molecule is CCOC(=O)N1CCc2c(sc(NC(=O)Cc3cc(C)ccc3C)c2-c2nc3ccccc3s2)C1. The van der Waals surface area contributed by atoms with E-state index in [4.69, 9.17) is 9.72 Å². The zero-order valence-corrected chi connectivity index (χ0v) is 21.6. The number of hydrogen-bond acceptors (Lipinski definition) is 6. The first kappa shape index (κ1) is 23.5. The first-order chi connectivity index (χ1) is 16.9. The van der Waals surface area contributed by atoms with E-state index in [9.17, 15) is 9.59 Å². The fourth-order valence-corrected chi connectivity index (χ4v) is 6.79. The number of thiophene rings is 1. The molecule has 5 rings (SSSR count). The van der Waals surface area contributed by atoms with Crippen LogP contribution in [0.3, 0.4) is 0 Å². The van der Waals surface area contributed by atoms with Gasteiger partial charge in [-0.15, -0.1) is 22.7 Å². The van der Waals surface area contributed by atoms with Crippen molar-refractivity contribution in [3.05, 3.63) is 69.6 Å². The van der Waals surface area contributed by atoms with Gasteiger partial charge < -0.3 is 15.0 Å². The number of nitrogens with one attached hydrogen (secondary N) is 1. The van der Waals surface area contributed by atoms with Gasteiger partial charge in [-0.1, -0.05) is 35.9 Å². The molecule has 0 radical (unpaired) electrons. The Labute approximate surface area is 212 Å². The van der Waals surface area contributed by atoms with Crippen LogP contribution in [0.4, 0.5) is 9.80 Å². The van der Waals surface area contributed by atoms with E-state index in [1.165, 1.54) is 11.3 Å². The van der Waals surface area contributed by atoms with Crippen LogP contribution in [-0.4, -0.2) is 35.0 Å². The lowest BCUT2D eigenvalue weighted by molar-refractivity contribution is -0.115. The summed E-state index contributed by atoms with van der Waals surface area (Å²) in [4.78, 5) is 33.2.